The molecule has 0 bridgehead atoms. The monoisotopic (exact) mass is 357 g/mol. The van der Waals surface area contributed by atoms with E-state index in [0.717, 1.165) is 4.47 Å². The van der Waals surface area contributed by atoms with Crippen molar-refractivity contribution in [1.82, 2.24) is 5.32 Å². The van der Waals surface area contributed by atoms with E-state index in [1.54, 1.807) is 52.0 Å². The number of carbonyl (C=O) groups excluding carboxylic acids is 1. The van der Waals surface area contributed by atoms with Gasteiger partial charge in [-0.3, -0.25) is 4.79 Å². The standard InChI is InChI=1S/C15H20BrNO4/c1-9(13(18)19)12(10-5-7-11(16)8-6-10)17-14(20)21-15(2,3)4/h5-9,12H,1-4H3,(H,17,20)(H,18,19). The fourth-order valence-electron chi connectivity index (χ4n) is 1.74. The topological polar surface area (TPSA) is 75.6 Å². The van der Waals surface area contributed by atoms with Crippen molar-refractivity contribution < 1.29 is 19.4 Å². The van der Waals surface area contributed by atoms with Crippen LogP contribution in [0.1, 0.15) is 39.3 Å². The number of carbonyl (C=O) groups is 2. The zero-order valence-electron chi connectivity index (χ0n) is 12.5. The second-order valence-electron chi connectivity index (χ2n) is 5.80. The number of alkyl carbamates (subject to hydrolysis) is 1. The zero-order chi connectivity index (χ0) is 16.2. The van der Waals surface area contributed by atoms with Crippen LogP contribution in [0.25, 0.3) is 0 Å². The molecule has 0 aliphatic heterocycles. The van der Waals surface area contributed by atoms with Crippen LogP contribution in [-0.4, -0.2) is 22.8 Å². The lowest BCUT2D eigenvalue weighted by molar-refractivity contribution is -0.142. The number of aliphatic carboxylic acids is 1. The van der Waals surface area contributed by atoms with Crippen LogP contribution in [-0.2, 0) is 9.53 Å². The lowest BCUT2D eigenvalue weighted by atomic mass is 9.95. The highest BCUT2D eigenvalue weighted by Crippen LogP contribution is 2.24. The average Bonchev–Trinajstić information content (AvgIpc) is 2.34. The van der Waals surface area contributed by atoms with Crippen LogP contribution in [0, 0.1) is 5.92 Å². The van der Waals surface area contributed by atoms with Crippen molar-refractivity contribution in [3.63, 3.8) is 0 Å². The Morgan fingerprint density at radius 2 is 1.76 bits per heavy atom. The molecule has 0 aliphatic rings. The van der Waals surface area contributed by atoms with Crippen molar-refractivity contribution in [3.05, 3.63) is 34.3 Å². The summed E-state index contributed by atoms with van der Waals surface area (Å²) in [5.41, 5.74) is 0.0693. The third kappa shape index (κ3) is 5.75. The van der Waals surface area contributed by atoms with Gasteiger partial charge < -0.3 is 15.2 Å². The van der Waals surface area contributed by atoms with Crippen molar-refractivity contribution in [3.8, 4) is 0 Å². The largest absolute Gasteiger partial charge is 0.481 e. The van der Waals surface area contributed by atoms with Crippen molar-refractivity contribution in [1.29, 1.82) is 0 Å². The van der Waals surface area contributed by atoms with E-state index < -0.39 is 29.6 Å². The van der Waals surface area contributed by atoms with Crippen molar-refractivity contribution >= 4 is 28.0 Å². The SMILES string of the molecule is CC(C(=O)O)C(NC(=O)OC(C)(C)C)c1ccc(Br)cc1. The Morgan fingerprint density at radius 3 is 2.19 bits per heavy atom. The summed E-state index contributed by atoms with van der Waals surface area (Å²) in [6.45, 7) is 6.80. The van der Waals surface area contributed by atoms with Gasteiger partial charge in [0.25, 0.3) is 0 Å². The van der Waals surface area contributed by atoms with E-state index in [0.29, 0.717) is 5.56 Å². The quantitative estimate of drug-likeness (QED) is 0.860. The molecule has 1 rings (SSSR count). The minimum absolute atomic E-state index is 0.636. The fraction of sp³-hybridized carbons (Fsp3) is 0.467. The van der Waals surface area contributed by atoms with Gasteiger partial charge in [0.05, 0.1) is 12.0 Å². The maximum absolute atomic E-state index is 11.9. The summed E-state index contributed by atoms with van der Waals surface area (Å²) < 4.78 is 6.07. The summed E-state index contributed by atoms with van der Waals surface area (Å²) >= 11 is 3.32. The summed E-state index contributed by atoms with van der Waals surface area (Å²) in [5, 5.41) is 11.8. The Morgan fingerprint density at radius 1 is 1.24 bits per heavy atom. The van der Waals surface area contributed by atoms with Gasteiger partial charge in [-0.1, -0.05) is 28.1 Å². The molecular weight excluding hydrogens is 338 g/mol. The lowest BCUT2D eigenvalue weighted by Crippen LogP contribution is -2.39. The fourth-order valence-corrected chi connectivity index (χ4v) is 2.01. The Bertz CT molecular complexity index is 507. The number of nitrogens with one attached hydrogen (secondary N) is 1. The molecule has 0 heterocycles. The Balaban J connectivity index is 2.95. The maximum atomic E-state index is 11.9. The average molecular weight is 358 g/mol. The number of hydrogen-bond donors (Lipinski definition) is 2. The van der Waals surface area contributed by atoms with E-state index in [1.807, 2.05) is 0 Å². The third-order valence-electron chi connectivity index (χ3n) is 2.79. The van der Waals surface area contributed by atoms with E-state index in [2.05, 4.69) is 21.2 Å². The maximum Gasteiger partial charge on any atom is 0.408 e. The van der Waals surface area contributed by atoms with E-state index in [1.165, 1.54) is 0 Å². The number of hydrogen-bond acceptors (Lipinski definition) is 3. The van der Waals surface area contributed by atoms with E-state index >= 15 is 0 Å². The van der Waals surface area contributed by atoms with Gasteiger partial charge in [0, 0.05) is 4.47 Å². The molecule has 0 aromatic heterocycles. The highest BCUT2D eigenvalue weighted by molar-refractivity contribution is 9.10. The molecule has 0 radical (unpaired) electrons. The third-order valence-corrected chi connectivity index (χ3v) is 3.32. The van der Waals surface area contributed by atoms with E-state index in [4.69, 9.17) is 4.74 Å². The van der Waals surface area contributed by atoms with Crippen LogP contribution in [0.2, 0.25) is 0 Å². The van der Waals surface area contributed by atoms with Crippen LogP contribution >= 0.6 is 15.9 Å². The second-order valence-corrected chi connectivity index (χ2v) is 6.72. The molecule has 0 saturated carbocycles. The molecule has 5 nitrogen and oxygen atoms in total. The Hall–Kier alpha value is -1.56. The number of carboxylic acids is 1. The summed E-state index contributed by atoms with van der Waals surface area (Å²) in [5.74, 6) is -1.77. The molecule has 116 valence electrons. The van der Waals surface area contributed by atoms with Crippen LogP contribution in [0.4, 0.5) is 4.79 Å². The smallest absolute Gasteiger partial charge is 0.408 e. The van der Waals surface area contributed by atoms with Gasteiger partial charge in [-0.25, -0.2) is 4.79 Å². The number of ether oxygens (including phenoxy) is 1. The normalized spacial score (nSPS) is 14.1. The first-order valence-electron chi connectivity index (χ1n) is 6.58. The van der Waals surface area contributed by atoms with Crippen molar-refractivity contribution in [2.24, 2.45) is 5.92 Å². The first-order chi connectivity index (χ1) is 9.60. The molecule has 0 saturated heterocycles. The van der Waals surface area contributed by atoms with Gasteiger partial charge >= 0.3 is 12.1 Å². The minimum atomic E-state index is -0.987. The molecule has 1 amide bonds. The zero-order valence-corrected chi connectivity index (χ0v) is 14.1. The highest BCUT2D eigenvalue weighted by atomic mass is 79.9. The van der Waals surface area contributed by atoms with Crippen LogP contribution in [0.15, 0.2) is 28.7 Å². The summed E-state index contributed by atoms with van der Waals surface area (Å²) in [4.78, 5) is 23.1. The Labute approximate surface area is 132 Å². The molecular formula is C15H20BrNO4. The molecule has 0 aliphatic carbocycles. The summed E-state index contributed by atoms with van der Waals surface area (Å²) in [6.07, 6.45) is -0.636. The van der Waals surface area contributed by atoms with Crippen molar-refractivity contribution in [2.75, 3.05) is 0 Å². The van der Waals surface area contributed by atoms with Gasteiger partial charge in [0.15, 0.2) is 0 Å². The van der Waals surface area contributed by atoms with Crippen LogP contribution < -0.4 is 5.32 Å². The molecule has 1 aromatic carbocycles. The van der Waals surface area contributed by atoms with Gasteiger partial charge in [0.1, 0.15) is 5.60 Å². The van der Waals surface area contributed by atoms with Gasteiger partial charge in [-0.05, 0) is 45.4 Å². The number of amides is 1. The van der Waals surface area contributed by atoms with Gasteiger partial charge in [-0.15, -0.1) is 0 Å². The molecule has 2 N–H and O–H groups in total. The van der Waals surface area contributed by atoms with E-state index in [-0.39, 0.29) is 0 Å². The van der Waals surface area contributed by atoms with Gasteiger partial charge in [-0.2, -0.15) is 0 Å². The summed E-state index contributed by atoms with van der Waals surface area (Å²) in [7, 11) is 0. The molecule has 0 fully saturated rings. The molecule has 0 spiro atoms. The first-order valence-corrected chi connectivity index (χ1v) is 7.37. The highest BCUT2D eigenvalue weighted by Gasteiger charge is 2.28. The molecule has 6 heteroatoms. The first kappa shape index (κ1) is 17.5. The predicted octanol–water partition coefficient (Wildman–Crippen LogP) is 3.74. The predicted molar refractivity (Wildman–Crippen MR) is 83.1 cm³/mol. The molecule has 21 heavy (non-hydrogen) atoms. The molecule has 2 unspecified atom stereocenters. The lowest BCUT2D eigenvalue weighted by Gasteiger charge is -2.26. The summed E-state index contributed by atoms with van der Waals surface area (Å²) in [6, 6.07) is 6.48. The number of rotatable bonds is 4. The number of carboxylic acid groups (broad SMARTS) is 1. The number of halogens is 1. The minimum Gasteiger partial charge on any atom is -0.481 e. The Kier molecular flexibility index (Phi) is 5.78. The van der Waals surface area contributed by atoms with Crippen LogP contribution in [0.3, 0.4) is 0 Å². The van der Waals surface area contributed by atoms with E-state index in [9.17, 15) is 14.7 Å². The van der Waals surface area contributed by atoms with Crippen LogP contribution in [0.5, 0.6) is 0 Å². The van der Waals surface area contributed by atoms with Gasteiger partial charge in [0.2, 0.25) is 0 Å². The number of benzene rings is 1. The van der Waals surface area contributed by atoms with Crippen molar-refractivity contribution in [2.45, 2.75) is 39.3 Å². The molecule has 2 atom stereocenters. The molecule has 1 aromatic rings. The second kappa shape index (κ2) is 6.93.